The van der Waals surface area contributed by atoms with E-state index in [-0.39, 0.29) is 63.4 Å². The van der Waals surface area contributed by atoms with Gasteiger partial charge in [-0.1, -0.05) is 95.0 Å². The smallest absolute Gasteiger partial charge is 0.329 e. The maximum Gasteiger partial charge on any atom is 0.329 e. The quantitative estimate of drug-likeness (QED) is 0.0371. The molecule has 0 aliphatic carbocycles. The number of esters is 2. The van der Waals surface area contributed by atoms with E-state index in [0.29, 0.717) is 58.7 Å². The van der Waals surface area contributed by atoms with E-state index in [1.807, 2.05) is 20.8 Å². The third-order valence-electron chi connectivity index (χ3n) is 10.3. The molecule has 0 bridgehead atoms. The van der Waals surface area contributed by atoms with Crippen LogP contribution in [0.4, 0.5) is 0 Å². The number of aliphatic hydroxyl groups excluding tert-OH is 2. The van der Waals surface area contributed by atoms with E-state index in [1.165, 1.54) is 64.2 Å². The number of hydroxylamine groups is 2. The summed E-state index contributed by atoms with van der Waals surface area (Å²) in [6.45, 7) is 13.7. The van der Waals surface area contributed by atoms with E-state index in [9.17, 15) is 34.2 Å². The molecule has 380 valence electrons. The van der Waals surface area contributed by atoms with E-state index in [2.05, 4.69) is 10.6 Å². The molecule has 0 spiro atoms. The van der Waals surface area contributed by atoms with Crippen molar-refractivity contribution in [1.82, 2.24) is 15.7 Å². The highest BCUT2D eigenvalue weighted by Gasteiger charge is 2.34. The van der Waals surface area contributed by atoms with Crippen LogP contribution in [-0.4, -0.2) is 134 Å². The summed E-state index contributed by atoms with van der Waals surface area (Å²) in [7, 11) is 0. The predicted molar refractivity (Wildman–Crippen MR) is 246 cm³/mol. The first-order valence-corrected chi connectivity index (χ1v) is 24.6. The lowest BCUT2D eigenvalue weighted by molar-refractivity contribution is -0.262. The fraction of sp³-hybridized carbons (Fsp3) is 0.896. The summed E-state index contributed by atoms with van der Waals surface area (Å²) in [5.74, 6) is -1.72. The number of carbonyl (C=O) groups excluding carboxylic acids is 5. The van der Waals surface area contributed by atoms with Crippen LogP contribution in [0.3, 0.4) is 0 Å². The van der Waals surface area contributed by atoms with Crippen LogP contribution in [0.2, 0.25) is 0 Å². The van der Waals surface area contributed by atoms with Gasteiger partial charge in [0, 0.05) is 25.8 Å². The van der Waals surface area contributed by atoms with Crippen molar-refractivity contribution in [3.8, 4) is 0 Å². The van der Waals surface area contributed by atoms with E-state index in [4.69, 9.17) is 33.3 Å². The zero-order valence-corrected chi connectivity index (χ0v) is 41.1. The molecule has 0 aromatic carbocycles. The summed E-state index contributed by atoms with van der Waals surface area (Å²) in [5, 5.41) is 25.8. The van der Waals surface area contributed by atoms with Crippen molar-refractivity contribution in [3.05, 3.63) is 0 Å². The van der Waals surface area contributed by atoms with Crippen molar-refractivity contribution in [2.24, 2.45) is 0 Å². The van der Waals surface area contributed by atoms with Gasteiger partial charge in [-0.25, -0.2) is 4.79 Å². The number of hydrogen-bond acceptors (Lipinski definition) is 15. The number of nitrogens with one attached hydrogen (secondary N) is 2. The standard InChI is InChI=1S/C48H89N3O14/c1-47(2,3)63-44(56)24-22-20-18-16-14-12-10-8-7-9-11-13-15-17-19-21-23-41(53)50-39(46(58)64-48(4,5)6)25-26-40(52)49-30-32-60-34-36-62-38-37-61-35-33-59-31-29-45(57)65-51-42(54)27-28-43(51)55/h39,42-43,54-55H,7-38H2,1-6H3,(H,49,52)(H,50,53). The zero-order chi connectivity index (χ0) is 48.2. The van der Waals surface area contributed by atoms with Crippen LogP contribution < -0.4 is 10.6 Å². The number of aliphatic hydroxyl groups is 2. The Bertz CT molecular complexity index is 1260. The average Bonchev–Trinajstić information content (AvgIpc) is 3.53. The molecule has 0 saturated carbocycles. The number of ether oxygens (including phenoxy) is 6. The van der Waals surface area contributed by atoms with E-state index in [0.717, 1.165) is 43.6 Å². The highest BCUT2D eigenvalue weighted by molar-refractivity contribution is 5.85. The van der Waals surface area contributed by atoms with Crippen molar-refractivity contribution >= 4 is 29.7 Å². The molecule has 1 heterocycles. The minimum Gasteiger partial charge on any atom is -0.460 e. The monoisotopic (exact) mass is 932 g/mol. The van der Waals surface area contributed by atoms with Gasteiger partial charge in [-0.3, -0.25) is 19.2 Å². The summed E-state index contributed by atoms with van der Waals surface area (Å²) in [4.78, 5) is 66.8. The fourth-order valence-corrected chi connectivity index (χ4v) is 6.89. The molecule has 1 aliphatic heterocycles. The van der Waals surface area contributed by atoms with Crippen LogP contribution in [0, 0.1) is 0 Å². The first-order valence-electron chi connectivity index (χ1n) is 24.6. The molecule has 17 heteroatoms. The number of rotatable bonds is 40. The number of hydrogen-bond donors (Lipinski definition) is 4. The Hall–Kier alpha value is -2.93. The summed E-state index contributed by atoms with van der Waals surface area (Å²) in [6.07, 6.45) is 18.2. The van der Waals surface area contributed by atoms with Crippen molar-refractivity contribution in [2.75, 3.05) is 59.4 Å². The third-order valence-corrected chi connectivity index (χ3v) is 10.3. The normalized spacial score (nSPS) is 16.0. The highest BCUT2D eigenvalue weighted by Crippen LogP contribution is 2.21. The molecule has 1 fully saturated rings. The Morgan fingerprint density at radius 1 is 0.508 bits per heavy atom. The second-order valence-electron chi connectivity index (χ2n) is 18.8. The molecule has 0 radical (unpaired) electrons. The predicted octanol–water partition coefficient (Wildman–Crippen LogP) is 6.72. The molecule has 1 saturated heterocycles. The number of nitrogens with zero attached hydrogens (tertiary/aromatic N) is 1. The van der Waals surface area contributed by atoms with Gasteiger partial charge in [-0.05, 0) is 73.6 Å². The van der Waals surface area contributed by atoms with Gasteiger partial charge < -0.3 is 54.1 Å². The lowest BCUT2D eigenvalue weighted by Gasteiger charge is -2.24. The molecule has 0 aromatic rings. The number of amides is 2. The van der Waals surface area contributed by atoms with E-state index in [1.54, 1.807) is 20.8 Å². The molecule has 3 atom stereocenters. The van der Waals surface area contributed by atoms with E-state index >= 15 is 0 Å². The Kier molecular flexibility index (Phi) is 34.3. The second kappa shape index (κ2) is 37.1. The molecule has 2 amide bonds. The van der Waals surface area contributed by atoms with Gasteiger partial charge in [0.05, 0.1) is 59.3 Å². The number of carbonyl (C=O) groups is 5. The van der Waals surface area contributed by atoms with Crippen LogP contribution in [-0.2, 0) is 57.2 Å². The molecule has 0 aromatic heterocycles. The fourth-order valence-electron chi connectivity index (χ4n) is 6.89. The van der Waals surface area contributed by atoms with Crippen molar-refractivity contribution in [2.45, 2.75) is 219 Å². The average molecular weight is 932 g/mol. The van der Waals surface area contributed by atoms with Crippen LogP contribution in [0.25, 0.3) is 0 Å². The van der Waals surface area contributed by atoms with Gasteiger partial charge in [0.25, 0.3) is 0 Å². The van der Waals surface area contributed by atoms with Gasteiger partial charge in [0.15, 0.2) is 0 Å². The van der Waals surface area contributed by atoms with Crippen LogP contribution in [0.1, 0.15) is 189 Å². The second-order valence-corrected chi connectivity index (χ2v) is 18.8. The lowest BCUT2D eigenvalue weighted by atomic mass is 10.0. The van der Waals surface area contributed by atoms with Crippen LogP contribution >= 0.6 is 0 Å². The van der Waals surface area contributed by atoms with Crippen molar-refractivity contribution < 1.29 is 67.4 Å². The topological polar surface area (TPSA) is 218 Å². The van der Waals surface area contributed by atoms with Gasteiger partial charge in [0.2, 0.25) is 11.8 Å². The van der Waals surface area contributed by atoms with Gasteiger partial charge in [0.1, 0.15) is 29.7 Å². The molecule has 3 unspecified atom stereocenters. The maximum atomic E-state index is 12.9. The first kappa shape index (κ1) is 60.1. The summed E-state index contributed by atoms with van der Waals surface area (Å²) >= 11 is 0. The Morgan fingerprint density at radius 2 is 0.923 bits per heavy atom. The van der Waals surface area contributed by atoms with Gasteiger partial charge in [-0.2, -0.15) is 0 Å². The molecule has 4 N–H and O–H groups in total. The lowest BCUT2D eigenvalue weighted by Crippen LogP contribution is -2.44. The van der Waals surface area contributed by atoms with E-state index < -0.39 is 41.6 Å². The Morgan fingerprint density at radius 3 is 1.38 bits per heavy atom. The maximum absolute atomic E-state index is 12.9. The molecule has 1 aliphatic rings. The summed E-state index contributed by atoms with van der Waals surface area (Å²) in [5.41, 5.74) is -1.13. The summed E-state index contributed by atoms with van der Waals surface area (Å²) < 4.78 is 32.6. The molecule has 65 heavy (non-hydrogen) atoms. The minimum absolute atomic E-state index is 0.0222. The highest BCUT2D eigenvalue weighted by atomic mass is 16.7. The largest absolute Gasteiger partial charge is 0.460 e. The molecule has 17 nitrogen and oxygen atoms in total. The van der Waals surface area contributed by atoms with Gasteiger partial charge >= 0.3 is 17.9 Å². The Labute approximate surface area is 390 Å². The van der Waals surface area contributed by atoms with Crippen molar-refractivity contribution in [3.63, 3.8) is 0 Å². The van der Waals surface area contributed by atoms with Crippen LogP contribution in [0.15, 0.2) is 0 Å². The number of unbranched alkanes of at least 4 members (excludes halogenated alkanes) is 15. The molecular weight excluding hydrogens is 843 g/mol. The minimum atomic E-state index is -1.00. The van der Waals surface area contributed by atoms with Crippen molar-refractivity contribution in [1.29, 1.82) is 0 Å². The molecular formula is C48H89N3O14. The van der Waals surface area contributed by atoms with Crippen LogP contribution in [0.5, 0.6) is 0 Å². The summed E-state index contributed by atoms with van der Waals surface area (Å²) in [6, 6.07) is -0.914. The van der Waals surface area contributed by atoms with Gasteiger partial charge in [-0.15, -0.1) is 0 Å². The Balaban J connectivity index is 2.02. The first-order chi connectivity index (χ1) is 31.0. The zero-order valence-electron chi connectivity index (χ0n) is 41.1. The molecule has 1 rings (SSSR count). The third kappa shape index (κ3) is 36.8. The SMILES string of the molecule is CC(C)(C)OC(=O)CCCCCCCCCCCCCCCCCCC(=O)NC(CCC(=O)NCCOCCOCCOCCOCCC(=O)ON1C(O)CCC1O)C(=O)OC(C)(C)C.